The second-order valence-corrected chi connectivity index (χ2v) is 6.53. The van der Waals surface area contributed by atoms with Gasteiger partial charge < -0.3 is 5.11 Å². The van der Waals surface area contributed by atoms with Gasteiger partial charge in [0.15, 0.2) is 0 Å². The number of aromatic nitrogens is 1. The van der Waals surface area contributed by atoms with Crippen LogP contribution in [0.25, 0.3) is 10.6 Å². The molecule has 2 aromatic rings. The van der Waals surface area contributed by atoms with Crippen LogP contribution in [0.4, 0.5) is 0 Å². The topological polar surface area (TPSA) is 53.4 Å². The number of likely N-dealkylation sites (tertiary alicyclic amines) is 1. The predicted molar refractivity (Wildman–Crippen MR) is 83.2 cm³/mol. The molecule has 5 heteroatoms. The molecular weight excluding hydrogens is 284 g/mol. The first-order chi connectivity index (χ1) is 10.2. The molecule has 0 bridgehead atoms. The molecule has 0 spiro atoms. The molecule has 1 aliphatic heterocycles. The number of nitrogens with zero attached hydrogens (tertiary/aromatic N) is 2. The molecule has 3 rings (SSSR count). The summed E-state index contributed by atoms with van der Waals surface area (Å²) in [6.07, 6.45) is 3.67. The van der Waals surface area contributed by atoms with Gasteiger partial charge in [0.05, 0.1) is 5.92 Å². The molecule has 0 aliphatic carbocycles. The average molecular weight is 302 g/mol. The zero-order valence-electron chi connectivity index (χ0n) is 11.7. The number of carboxylic acids is 1. The molecule has 0 radical (unpaired) electrons. The summed E-state index contributed by atoms with van der Waals surface area (Å²) in [5, 5.41) is 10.2. The van der Waals surface area contributed by atoms with E-state index in [1.54, 1.807) is 11.3 Å². The van der Waals surface area contributed by atoms with Crippen molar-refractivity contribution in [2.45, 2.75) is 19.4 Å². The number of thiazole rings is 1. The van der Waals surface area contributed by atoms with Crippen molar-refractivity contribution in [2.75, 3.05) is 13.1 Å². The lowest BCUT2D eigenvalue weighted by Gasteiger charge is -2.29. The van der Waals surface area contributed by atoms with Crippen molar-refractivity contribution >= 4 is 17.3 Å². The molecular formula is C16H18N2O2S. The van der Waals surface area contributed by atoms with Crippen molar-refractivity contribution in [3.8, 4) is 10.6 Å². The Morgan fingerprint density at radius 1 is 1.38 bits per heavy atom. The van der Waals surface area contributed by atoms with Crippen LogP contribution in [0.5, 0.6) is 0 Å². The van der Waals surface area contributed by atoms with Gasteiger partial charge in [-0.1, -0.05) is 30.3 Å². The van der Waals surface area contributed by atoms with E-state index in [4.69, 9.17) is 5.11 Å². The molecule has 110 valence electrons. The Morgan fingerprint density at radius 3 is 2.95 bits per heavy atom. The lowest BCUT2D eigenvalue weighted by molar-refractivity contribution is -0.143. The van der Waals surface area contributed by atoms with Crippen molar-refractivity contribution < 1.29 is 9.90 Å². The van der Waals surface area contributed by atoms with Crippen LogP contribution >= 0.6 is 11.3 Å². The lowest BCUT2D eigenvalue weighted by atomic mass is 9.98. The molecule has 2 heterocycles. The fourth-order valence-corrected chi connectivity index (χ4v) is 3.68. The van der Waals surface area contributed by atoms with Crippen molar-refractivity contribution in [1.29, 1.82) is 0 Å². The van der Waals surface area contributed by atoms with Crippen molar-refractivity contribution in [1.82, 2.24) is 9.88 Å². The van der Waals surface area contributed by atoms with E-state index >= 15 is 0 Å². The minimum Gasteiger partial charge on any atom is -0.481 e. The third-order valence-corrected chi connectivity index (χ3v) is 4.84. The summed E-state index contributed by atoms with van der Waals surface area (Å²) >= 11 is 1.69. The molecule has 1 N–H and O–H groups in total. The van der Waals surface area contributed by atoms with Crippen molar-refractivity contribution in [2.24, 2.45) is 5.92 Å². The summed E-state index contributed by atoms with van der Waals surface area (Å²) < 4.78 is 0. The van der Waals surface area contributed by atoms with Crippen molar-refractivity contribution in [3.63, 3.8) is 0 Å². The van der Waals surface area contributed by atoms with Crippen molar-refractivity contribution in [3.05, 3.63) is 41.4 Å². The molecule has 1 fully saturated rings. The van der Waals surface area contributed by atoms with E-state index in [0.717, 1.165) is 36.5 Å². The maximum atomic E-state index is 11.1. The Bertz CT molecular complexity index is 612. The van der Waals surface area contributed by atoms with E-state index in [9.17, 15) is 4.79 Å². The van der Waals surface area contributed by atoms with E-state index in [1.165, 1.54) is 4.88 Å². The molecule has 0 amide bonds. The fraction of sp³-hybridized carbons (Fsp3) is 0.375. The van der Waals surface area contributed by atoms with Crippen LogP contribution in [0, 0.1) is 5.92 Å². The molecule has 1 aromatic carbocycles. The van der Waals surface area contributed by atoms with Gasteiger partial charge in [-0.05, 0) is 19.4 Å². The maximum absolute atomic E-state index is 11.1. The van der Waals surface area contributed by atoms with Crippen LogP contribution < -0.4 is 0 Å². The number of benzene rings is 1. The number of piperidine rings is 1. The summed E-state index contributed by atoms with van der Waals surface area (Å²) in [7, 11) is 0. The Morgan fingerprint density at radius 2 is 2.19 bits per heavy atom. The molecule has 1 aromatic heterocycles. The van der Waals surface area contributed by atoms with E-state index in [0.29, 0.717) is 6.54 Å². The maximum Gasteiger partial charge on any atom is 0.307 e. The van der Waals surface area contributed by atoms with E-state index < -0.39 is 5.97 Å². The van der Waals surface area contributed by atoms with Crippen LogP contribution in [-0.2, 0) is 11.3 Å². The second-order valence-electron chi connectivity index (χ2n) is 5.41. The van der Waals surface area contributed by atoms with Gasteiger partial charge in [0.1, 0.15) is 5.01 Å². The average Bonchev–Trinajstić information content (AvgIpc) is 2.97. The van der Waals surface area contributed by atoms with E-state index in [2.05, 4.69) is 22.0 Å². The number of hydrogen-bond donors (Lipinski definition) is 1. The van der Waals surface area contributed by atoms with Crippen LogP contribution in [0.2, 0.25) is 0 Å². The molecule has 1 saturated heterocycles. The fourth-order valence-electron chi connectivity index (χ4n) is 2.72. The third-order valence-electron chi connectivity index (χ3n) is 3.81. The van der Waals surface area contributed by atoms with E-state index in [-0.39, 0.29) is 5.92 Å². The number of hydrogen-bond acceptors (Lipinski definition) is 4. The zero-order chi connectivity index (χ0) is 14.7. The second kappa shape index (κ2) is 6.37. The van der Waals surface area contributed by atoms with Gasteiger partial charge >= 0.3 is 5.97 Å². The molecule has 21 heavy (non-hydrogen) atoms. The first-order valence-corrected chi connectivity index (χ1v) is 7.99. The van der Waals surface area contributed by atoms with E-state index in [1.807, 2.05) is 24.4 Å². The molecule has 1 atom stereocenters. The standard InChI is InChI=1S/C16H18N2O2S/c19-16(20)13-7-4-8-18(10-13)11-14-9-17-15(21-14)12-5-2-1-3-6-12/h1-3,5-6,9,13H,4,7-8,10-11H2,(H,19,20). The van der Waals surface area contributed by atoms with Gasteiger partial charge in [-0.3, -0.25) is 9.69 Å². The number of carbonyl (C=O) groups is 1. The Balaban J connectivity index is 1.66. The molecule has 0 saturated carbocycles. The Labute approximate surface area is 128 Å². The van der Waals surface area contributed by atoms with Crippen LogP contribution in [0.3, 0.4) is 0 Å². The first kappa shape index (κ1) is 14.2. The third kappa shape index (κ3) is 3.49. The Kier molecular flexibility index (Phi) is 4.31. The monoisotopic (exact) mass is 302 g/mol. The highest BCUT2D eigenvalue weighted by atomic mass is 32.1. The van der Waals surface area contributed by atoms with Gasteiger partial charge in [-0.25, -0.2) is 4.98 Å². The smallest absolute Gasteiger partial charge is 0.307 e. The first-order valence-electron chi connectivity index (χ1n) is 7.17. The Hall–Kier alpha value is -1.72. The van der Waals surface area contributed by atoms with Crippen LogP contribution in [0.1, 0.15) is 17.7 Å². The van der Waals surface area contributed by atoms with Gasteiger partial charge in [0, 0.05) is 29.7 Å². The summed E-state index contributed by atoms with van der Waals surface area (Å²) in [5.41, 5.74) is 1.14. The number of aliphatic carboxylic acids is 1. The highest BCUT2D eigenvalue weighted by Crippen LogP contribution is 2.27. The number of rotatable bonds is 4. The van der Waals surface area contributed by atoms with Gasteiger partial charge in [0.25, 0.3) is 0 Å². The summed E-state index contributed by atoms with van der Waals surface area (Å²) in [6, 6.07) is 10.1. The largest absolute Gasteiger partial charge is 0.481 e. The molecule has 1 aliphatic rings. The highest BCUT2D eigenvalue weighted by molar-refractivity contribution is 7.15. The molecule has 4 nitrogen and oxygen atoms in total. The minimum absolute atomic E-state index is 0.222. The van der Waals surface area contributed by atoms with Crippen LogP contribution in [-0.4, -0.2) is 34.0 Å². The van der Waals surface area contributed by atoms with Crippen LogP contribution in [0.15, 0.2) is 36.5 Å². The van der Waals surface area contributed by atoms with Gasteiger partial charge in [-0.2, -0.15) is 0 Å². The quantitative estimate of drug-likeness (QED) is 0.943. The number of carboxylic acid groups (broad SMARTS) is 1. The SMILES string of the molecule is O=C(O)C1CCCN(Cc2cnc(-c3ccccc3)s2)C1. The highest BCUT2D eigenvalue weighted by Gasteiger charge is 2.25. The zero-order valence-corrected chi connectivity index (χ0v) is 12.6. The lowest BCUT2D eigenvalue weighted by Crippen LogP contribution is -2.37. The summed E-state index contributed by atoms with van der Waals surface area (Å²) in [6.45, 7) is 2.42. The molecule has 1 unspecified atom stereocenters. The minimum atomic E-state index is -0.672. The summed E-state index contributed by atoms with van der Waals surface area (Å²) in [4.78, 5) is 19.0. The summed E-state index contributed by atoms with van der Waals surface area (Å²) in [5.74, 6) is -0.894. The normalized spacial score (nSPS) is 19.5. The van der Waals surface area contributed by atoms with Gasteiger partial charge in [0.2, 0.25) is 0 Å². The predicted octanol–water partition coefficient (Wildman–Crippen LogP) is 3.11. The van der Waals surface area contributed by atoms with Gasteiger partial charge in [-0.15, -0.1) is 11.3 Å².